The Morgan fingerprint density at radius 2 is 2.00 bits per heavy atom. The number of rotatable bonds is 9. The van der Waals surface area contributed by atoms with Crippen LogP contribution in [0.4, 0.5) is 8.78 Å². The first-order chi connectivity index (χ1) is 14.9. The molecule has 10 heteroatoms. The monoisotopic (exact) mass is 449 g/mol. The molecule has 1 aromatic heterocycles. The second kappa shape index (κ2) is 10.2. The van der Waals surface area contributed by atoms with Gasteiger partial charge in [0.1, 0.15) is 0 Å². The van der Waals surface area contributed by atoms with Gasteiger partial charge < -0.3 is 19.8 Å². The van der Waals surface area contributed by atoms with E-state index in [4.69, 9.17) is 17.0 Å². The van der Waals surface area contributed by atoms with Crippen molar-refractivity contribution in [2.45, 2.75) is 26.0 Å². The first-order valence-electron chi connectivity index (χ1n) is 9.49. The summed E-state index contributed by atoms with van der Waals surface area (Å²) in [5.41, 5.74) is 1.19. The summed E-state index contributed by atoms with van der Waals surface area (Å²) in [6, 6.07) is 11.6. The van der Waals surface area contributed by atoms with Crippen molar-refractivity contribution in [1.82, 2.24) is 14.9 Å². The molecule has 0 aliphatic heterocycles. The lowest BCUT2D eigenvalue weighted by Crippen LogP contribution is -2.29. The van der Waals surface area contributed by atoms with Crippen LogP contribution in [0.15, 0.2) is 47.3 Å². The van der Waals surface area contributed by atoms with E-state index in [1.54, 1.807) is 36.4 Å². The largest absolute Gasteiger partial charge is 0.493 e. The van der Waals surface area contributed by atoms with E-state index in [1.807, 2.05) is 0 Å². The Morgan fingerprint density at radius 3 is 2.74 bits per heavy atom. The Labute approximate surface area is 181 Å². The highest BCUT2D eigenvalue weighted by Gasteiger charge is 2.12. The Kier molecular flexibility index (Phi) is 7.35. The average Bonchev–Trinajstić information content (AvgIpc) is 2.74. The minimum absolute atomic E-state index is 0.0531. The van der Waals surface area contributed by atoms with Crippen molar-refractivity contribution in [3.63, 3.8) is 0 Å². The third-order valence-corrected chi connectivity index (χ3v) is 4.95. The quantitative estimate of drug-likeness (QED) is 0.489. The Balaban J connectivity index is 1.55. The zero-order chi connectivity index (χ0) is 22.4. The molecular formula is C21H21F2N3O4S. The van der Waals surface area contributed by atoms with Crippen LogP contribution >= 0.6 is 12.2 Å². The normalized spacial score (nSPS) is 11.0. The fourth-order valence-electron chi connectivity index (χ4n) is 3.11. The second-order valence-electron chi connectivity index (χ2n) is 6.65. The highest BCUT2D eigenvalue weighted by molar-refractivity contribution is 7.71. The third-order valence-electron chi connectivity index (χ3n) is 4.63. The van der Waals surface area contributed by atoms with Gasteiger partial charge >= 0.3 is 6.61 Å². The van der Waals surface area contributed by atoms with Gasteiger partial charge in [0.2, 0.25) is 5.91 Å². The van der Waals surface area contributed by atoms with E-state index in [9.17, 15) is 18.4 Å². The van der Waals surface area contributed by atoms with Crippen LogP contribution in [-0.4, -0.2) is 35.7 Å². The van der Waals surface area contributed by atoms with Gasteiger partial charge in [0.25, 0.3) is 5.56 Å². The minimum Gasteiger partial charge on any atom is -0.493 e. The standard InChI is InChI=1S/C21H21F2N3O4S/c1-29-17-12-13(6-7-16(17)30-20(22)23)8-10-24-18(27)9-11-26-19(28)14-4-2-3-5-15(14)25-21(26)31/h2-7,12,20H,8-11H2,1H3,(H,24,27)(H,25,31). The van der Waals surface area contributed by atoms with Gasteiger partial charge in [-0.25, -0.2) is 0 Å². The van der Waals surface area contributed by atoms with Crippen molar-refractivity contribution in [3.05, 3.63) is 63.2 Å². The molecule has 0 saturated heterocycles. The number of benzene rings is 2. The lowest BCUT2D eigenvalue weighted by Gasteiger charge is -2.12. The summed E-state index contributed by atoms with van der Waals surface area (Å²) >= 11 is 5.24. The van der Waals surface area contributed by atoms with E-state index in [2.05, 4.69) is 15.0 Å². The van der Waals surface area contributed by atoms with Gasteiger partial charge in [-0.3, -0.25) is 14.2 Å². The number of hydrogen-bond acceptors (Lipinski definition) is 5. The number of hydrogen-bond donors (Lipinski definition) is 2. The zero-order valence-electron chi connectivity index (χ0n) is 16.7. The van der Waals surface area contributed by atoms with Crippen molar-refractivity contribution in [2.75, 3.05) is 13.7 Å². The first-order valence-corrected chi connectivity index (χ1v) is 9.90. The summed E-state index contributed by atoms with van der Waals surface area (Å²) in [6.07, 6.45) is 0.549. The Morgan fingerprint density at radius 1 is 1.23 bits per heavy atom. The number of carbonyl (C=O) groups is 1. The van der Waals surface area contributed by atoms with Gasteiger partial charge in [-0.05, 0) is 48.5 Å². The molecule has 3 aromatic rings. The van der Waals surface area contributed by atoms with Crippen molar-refractivity contribution in [2.24, 2.45) is 0 Å². The molecule has 1 amide bonds. The number of aromatic amines is 1. The molecule has 1 heterocycles. The summed E-state index contributed by atoms with van der Waals surface area (Å²) in [6.45, 7) is -2.46. The fraction of sp³-hybridized carbons (Fsp3) is 0.286. The second-order valence-corrected chi connectivity index (χ2v) is 7.03. The van der Waals surface area contributed by atoms with Crippen molar-refractivity contribution in [3.8, 4) is 11.5 Å². The SMILES string of the molecule is COc1cc(CCNC(=O)CCn2c(=S)[nH]c3ccccc3c2=O)ccc1OC(F)F. The maximum absolute atomic E-state index is 12.6. The Bertz CT molecular complexity index is 1190. The molecule has 0 aliphatic carbocycles. The van der Waals surface area contributed by atoms with Crippen LogP contribution < -0.4 is 20.3 Å². The van der Waals surface area contributed by atoms with Crippen LogP contribution in [0.2, 0.25) is 0 Å². The van der Waals surface area contributed by atoms with Gasteiger partial charge in [0, 0.05) is 19.5 Å². The topological polar surface area (TPSA) is 85.4 Å². The van der Waals surface area contributed by atoms with E-state index in [0.29, 0.717) is 23.9 Å². The first kappa shape index (κ1) is 22.4. The number of para-hydroxylation sites is 1. The summed E-state index contributed by atoms with van der Waals surface area (Å²) < 4.78 is 35.9. The van der Waals surface area contributed by atoms with Gasteiger partial charge in [0.05, 0.1) is 18.0 Å². The number of nitrogens with one attached hydrogen (secondary N) is 2. The summed E-state index contributed by atoms with van der Waals surface area (Å²) in [4.78, 5) is 27.8. The average molecular weight is 449 g/mol. The van der Waals surface area contributed by atoms with Crippen molar-refractivity contribution >= 4 is 29.0 Å². The van der Waals surface area contributed by atoms with Crippen LogP contribution in [-0.2, 0) is 17.8 Å². The van der Waals surface area contributed by atoms with Gasteiger partial charge in [-0.1, -0.05) is 18.2 Å². The molecule has 0 fully saturated rings. The molecule has 164 valence electrons. The third kappa shape index (κ3) is 5.66. The number of nitrogens with zero attached hydrogens (tertiary/aromatic N) is 1. The lowest BCUT2D eigenvalue weighted by molar-refractivity contribution is -0.121. The number of amides is 1. The molecule has 7 nitrogen and oxygen atoms in total. The van der Waals surface area contributed by atoms with Crippen LogP contribution in [0.5, 0.6) is 11.5 Å². The number of carbonyl (C=O) groups excluding carboxylic acids is 1. The van der Waals surface area contributed by atoms with Crippen LogP contribution in [0, 0.1) is 4.77 Å². The van der Waals surface area contributed by atoms with Crippen LogP contribution in [0.25, 0.3) is 10.9 Å². The Hall–Kier alpha value is -3.27. The number of ether oxygens (including phenoxy) is 2. The van der Waals surface area contributed by atoms with Crippen LogP contribution in [0.1, 0.15) is 12.0 Å². The van der Waals surface area contributed by atoms with E-state index >= 15 is 0 Å². The van der Waals surface area contributed by atoms with E-state index in [0.717, 1.165) is 5.56 Å². The van der Waals surface area contributed by atoms with Gasteiger partial charge in [-0.2, -0.15) is 8.78 Å². The summed E-state index contributed by atoms with van der Waals surface area (Å²) in [5, 5.41) is 3.28. The molecular weight excluding hydrogens is 428 g/mol. The highest BCUT2D eigenvalue weighted by Crippen LogP contribution is 2.29. The number of alkyl halides is 2. The smallest absolute Gasteiger partial charge is 0.387 e. The predicted octanol–water partition coefficient (Wildman–Crippen LogP) is 3.42. The predicted molar refractivity (Wildman–Crippen MR) is 114 cm³/mol. The molecule has 0 spiro atoms. The number of aromatic nitrogens is 2. The summed E-state index contributed by atoms with van der Waals surface area (Å²) in [7, 11) is 1.36. The fourth-order valence-corrected chi connectivity index (χ4v) is 3.40. The van der Waals surface area contributed by atoms with Gasteiger partial charge in [0.15, 0.2) is 16.3 Å². The maximum Gasteiger partial charge on any atom is 0.387 e. The molecule has 31 heavy (non-hydrogen) atoms. The molecule has 0 bridgehead atoms. The molecule has 3 rings (SSSR count). The van der Waals surface area contributed by atoms with E-state index in [-0.39, 0.29) is 40.7 Å². The minimum atomic E-state index is -2.94. The highest BCUT2D eigenvalue weighted by atomic mass is 32.1. The number of halogens is 2. The molecule has 0 atom stereocenters. The number of fused-ring (bicyclic) bond motifs is 1. The molecule has 0 saturated carbocycles. The molecule has 2 N–H and O–H groups in total. The van der Waals surface area contributed by atoms with E-state index < -0.39 is 6.61 Å². The molecule has 2 aromatic carbocycles. The number of H-pyrrole nitrogens is 1. The van der Waals surface area contributed by atoms with Crippen molar-refractivity contribution in [1.29, 1.82) is 0 Å². The van der Waals surface area contributed by atoms with Gasteiger partial charge in [-0.15, -0.1) is 0 Å². The summed E-state index contributed by atoms with van der Waals surface area (Å²) in [5.74, 6) is -0.101. The molecule has 0 radical (unpaired) electrons. The zero-order valence-corrected chi connectivity index (χ0v) is 17.5. The molecule has 0 unspecified atom stereocenters. The maximum atomic E-state index is 12.6. The molecule has 0 aliphatic rings. The van der Waals surface area contributed by atoms with Crippen molar-refractivity contribution < 1.29 is 23.0 Å². The lowest BCUT2D eigenvalue weighted by atomic mass is 10.1. The van der Waals surface area contributed by atoms with Crippen LogP contribution in [0.3, 0.4) is 0 Å². The number of methoxy groups -OCH3 is 1. The van der Waals surface area contributed by atoms with E-state index in [1.165, 1.54) is 17.7 Å².